The maximum atomic E-state index is 14.1. The normalized spacial score (nSPS) is 19.6. The number of Topliss-reactive ketones (excluding diaryl/α,β-unsaturated/α-hetero) is 1. The molecule has 1 aliphatic rings. The van der Waals surface area contributed by atoms with E-state index in [2.05, 4.69) is 5.32 Å². The van der Waals surface area contributed by atoms with Gasteiger partial charge in [-0.1, -0.05) is 0 Å². The van der Waals surface area contributed by atoms with E-state index in [-0.39, 0.29) is 11.1 Å². The molecule has 1 atom stereocenters. The summed E-state index contributed by atoms with van der Waals surface area (Å²) in [6, 6.07) is 6.25. The molecule has 0 radical (unpaired) electrons. The molecule has 0 aromatic heterocycles. The molecule has 8 heteroatoms. The maximum absolute atomic E-state index is 14.1. The van der Waals surface area contributed by atoms with Gasteiger partial charge in [-0.25, -0.2) is 18.0 Å². The van der Waals surface area contributed by atoms with E-state index in [9.17, 15) is 27.6 Å². The Morgan fingerprint density at radius 3 is 2.31 bits per heavy atom. The minimum Gasteiger partial charge on any atom is -0.319 e. The SMILES string of the molecule is C[C@@]1(c2cc(F)ccc2F)NC(=O)N(CC(=O)c2ccc(F)cc2)C1=O. The molecule has 1 N–H and O–H groups in total. The molecule has 0 saturated carbocycles. The van der Waals surface area contributed by atoms with E-state index in [0.717, 1.165) is 30.3 Å². The van der Waals surface area contributed by atoms with Gasteiger partial charge in [-0.2, -0.15) is 0 Å². The van der Waals surface area contributed by atoms with Crippen LogP contribution in [-0.2, 0) is 10.3 Å². The maximum Gasteiger partial charge on any atom is 0.325 e. The Kier molecular flexibility index (Phi) is 4.27. The second-order valence-corrected chi connectivity index (χ2v) is 6.00. The number of nitrogens with zero attached hydrogens (tertiary/aromatic N) is 1. The summed E-state index contributed by atoms with van der Waals surface area (Å²) in [5.41, 5.74) is -2.07. The highest BCUT2D eigenvalue weighted by molar-refractivity contribution is 6.11. The zero-order valence-electron chi connectivity index (χ0n) is 13.6. The van der Waals surface area contributed by atoms with E-state index in [1.165, 1.54) is 19.1 Å². The fraction of sp³-hybridized carbons (Fsp3) is 0.167. The number of hydrogen-bond acceptors (Lipinski definition) is 3. The molecule has 1 heterocycles. The summed E-state index contributed by atoms with van der Waals surface area (Å²) in [5.74, 6) is -3.66. The van der Waals surface area contributed by atoms with Crippen LogP contribution < -0.4 is 5.32 Å². The molecule has 0 unspecified atom stereocenters. The lowest BCUT2D eigenvalue weighted by molar-refractivity contribution is -0.130. The van der Waals surface area contributed by atoms with Crippen LogP contribution in [0.25, 0.3) is 0 Å². The van der Waals surface area contributed by atoms with Crippen molar-refractivity contribution in [2.75, 3.05) is 6.54 Å². The molecule has 3 rings (SSSR count). The van der Waals surface area contributed by atoms with E-state index in [1.54, 1.807) is 0 Å². The Bertz CT molecular complexity index is 914. The number of carbonyl (C=O) groups excluding carboxylic acids is 3. The summed E-state index contributed by atoms with van der Waals surface area (Å²) < 4.78 is 40.5. The molecular weight excluding hydrogens is 349 g/mol. The Morgan fingerprint density at radius 1 is 1.04 bits per heavy atom. The highest BCUT2D eigenvalue weighted by Gasteiger charge is 2.50. The first-order chi connectivity index (χ1) is 12.2. The van der Waals surface area contributed by atoms with E-state index in [0.29, 0.717) is 4.90 Å². The second-order valence-electron chi connectivity index (χ2n) is 6.00. The molecule has 0 aliphatic carbocycles. The van der Waals surface area contributed by atoms with Crippen molar-refractivity contribution in [3.8, 4) is 0 Å². The Balaban J connectivity index is 1.88. The predicted octanol–water partition coefficient (Wildman–Crippen LogP) is 2.75. The van der Waals surface area contributed by atoms with Gasteiger partial charge < -0.3 is 5.32 Å². The summed E-state index contributed by atoms with van der Waals surface area (Å²) in [6.45, 7) is 0.621. The number of carbonyl (C=O) groups is 3. The summed E-state index contributed by atoms with van der Waals surface area (Å²) in [5, 5.41) is 2.30. The largest absolute Gasteiger partial charge is 0.325 e. The fourth-order valence-corrected chi connectivity index (χ4v) is 2.77. The number of amides is 3. The van der Waals surface area contributed by atoms with Crippen LogP contribution in [0.1, 0.15) is 22.8 Å². The Labute approximate surface area is 146 Å². The van der Waals surface area contributed by atoms with Gasteiger partial charge in [-0.15, -0.1) is 0 Å². The molecule has 0 spiro atoms. The number of urea groups is 1. The Hall–Kier alpha value is -3.16. The van der Waals surface area contributed by atoms with E-state index < -0.39 is 47.3 Å². The minimum atomic E-state index is -1.84. The minimum absolute atomic E-state index is 0.109. The zero-order chi connectivity index (χ0) is 19.1. The van der Waals surface area contributed by atoms with Gasteiger partial charge in [0.2, 0.25) is 0 Å². The van der Waals surface area contributed by atoms with Gasteiger partial charge in [0.25, 0.3) is 5.91 Å². The molecule has 0 bridgehead atoms. The summed E-state index contributed by atoms with van der Waals surface area (Å²) in [7, 11) is 0. The zero-order valence-corrected chi connectivity index (χ0v) is 13.6. The lowest BCUT2D eigenvalue weighted by Crippen LogP contribution is -2.42. The highest BCUT2D eigenvalue weighted by atomic mass is 19.1. The quantitative estimate of drug-likeness (QED) is 0.672. The van der Waals surface area contributed by atoms with Crippen molar-refractivity contribution in [3.05, 3.63) is 71.0 Å². The fourth-order valence-electron chi connectivity index (χ4n) is 2.77. The summed E-state index contributed by atoms with van der Waals surface area (Å²) in [6.07, 6.45) is 0. The van der Waals surface area contributed by atoms with Crippen molar-refractivity contribution < 1.29 is 27.6 Å². The third-order valence-corrected chi connectivity index (χ3v) is 4.21. The van der Waals surface area contributed by atoms with E-state index in [1.807, 2.05) is 0 Å². The molecule has 26 heavy (non-hydrogen) atoms. The standard InChI is InChI=1S/C18H13F3N2O3/c1-18(13-8-12(20)6-7-14(13)21)16(25)23(17(26)22-18)9-15(24)10-2-4-11(19)5-3-10/h2-8H,9H2,1H3,(H,22,26)/t18-/m0/s1. The third kappa shape index (κ3) is 2.94. The molecule has 2 aromatic carbocycles. The van der Waals surface area contributed by atoms with Crippen molar-refractivity contribution >= 4 is 17.7 Å². The molecule has 1 fully saturated rings. The second kappa shape index (κ2) is 6.29. The van der Waals surface area contributed by atoms with Crippen LogP contribution in [-0.4, -0.2) is 29.2 Å². The van der Waals surface area contributed by atoms with Gasteiger partial charge in [-0.05, 0) is 49.4 Å². The number of halogens is 3. The molecule has 3 amide bonds. The van der Waals surface area contributed by atoms with Crippen molar-refractivity contribution in [2.45, 2.75) is 12.5 Å². The van der Waals surface area contributed by atoms with Gasteiger partial charge in [0, 0.05) is 11.1 Å². The first-order valence-corrected chi connectivity index (χ1v) is 7.61. The average molecular weight is 362 g/mol. The smallest absolute Gasteiger partial charge is 0.319 e. The Morgan fingerprint density at radius 2 is 1.65 bits per heavy atom. The number of nitrogens with one attached hydrogen (secondary N) is 1. The van der Waals surface area contributed by atoms with Crippen LogP contribution >= 0.6 is 0 Å². The van der Waals surface area contributed by atoms with Crippen LogP contribution in [0.3, 0.4) is 0 Å². The molecule has 1 saturated heterocycles. The molecular formula is C18H13F3N2O3. The van der Waals surface area contributed by atoms with Crippen LogP contribution in [0, 0.1) is 17.5 Å². The van der Waals surface area contributed by atoms with Gasteiger partial charge in [0.05, 0.1) is 6.54 Å². The number of hydrogen-bond donors (Lipinski definition) is 1. The lowest BCUT2D eigenvalue weighted by Gasteiger charge is -2.22. The van der Waals surface area contributed by atoms with Gasteiger partial charge in [0.15, 0.2) is 5.78 Å². The molecule has 134 valence electrons. The number of ketones is 1. The average Bonchev–Trinajstić information content (AvgIpc) is 2.81. The number of benzene rings is 2. The topological polar surface area (TPSA) is 66.5 Å². The summed E-state index contributed by atoms with van der Waals surface area (Å²) >= 11 is 0. The predicted molar refractivity (Wildman–Crippen MR) is 84.7 cm³/mol. The van der Waals surface area contributed by atoms with Gasteiger partial charge in [-0.3, -0.25) is 14.5 Å². The van der Waals surface area contributed by atoms with Crippen LogP contribution in [0.2, 0.25) is 0 Å². The first kappa shape index (κ1) is 17.7. The first-order valence-electron chi connectivity index (χ1n) is 7.61. The van der Waals surface area contributed by atoms with Crippen molar-refractivity contribution in [1.29, 1.82) is 0 Å². The number of imide groups is 1. The lowest BCUT2D eigenvalue weighted by atomic mass is 9.91. The van der Waals surface area contributed by atoms with Crippen LogP contribution in [0.15, 0.2) is 42.5 Å². The third-order valence-electron chi connectivity index (χ3n) is 4.21. The molecule has 5 nitrogen and oxygen atoms in total. The van der Waals surface area contributed by atoms with E-state index in [4.69, 9.17) is 0 Å². The van der Waals surface area contributed by atoms with Crippen LogP contribution in [0.4, 0.5) is 18.0 Å². The monoisotopic (exact) mass is 362 g/mol. The van der Waals surface area contributed by atoms with Crippen molar-refractivity contribution in [1.82, 2.24) is 10.2 Å². The van der Waals surface area contributed by atoms with Crippen molar-refractivity contribution in [3.63, 3.8) is 0 Å². The molecule has 2 aromatic rings. The van der Waals surface area contributed by atoms with Crippen molar-refractivity contribution in [2.24, 2.45) is 0 Å². The van der Waals surface area contributed by atoms with E-state index >= 15 is 0 Å². The van der Waals surface area contributed by atoms with Crippen LogP contribution in [0.5, 0.6) is 0 Å². The van der Waals surface area contributed by atoms with Gasteiger partial charge >= 0.3 is 6.03 Å². The van der Waals surface area contributed by atoms with Gasteiger partial charge in [0.1, 0.15) is 23.0 Å². The summed E-state index contributed by atoms with van der Waals surface area (Å²) in [4.78, 5) is 37.7. The molecule has 1 aliphatic heterocycles. The highest BCUT2D eigenvalue weighted by Crippen LogP contribution is 2.31. The number of rotatable bonds is 4.